The van der Waals surface area contributed by atoms with Gasteiger partial charge in [0, 0.05) is 5.56 Å². The van der Waals surface area contributed by atoms with Gasteiger partial charge < -0.3 is 9.30 Å². The van der Waals surface area contributed by atoms with E-state index in [1.807, 2.05) is 43.3 Å². The van der Waals surface area contributed by atoms with Crippen molar-refractivity contribution in [1.82, 2.24) is 19.5 Å². The van der Waals surface area contributed by atoms with Crippen LogP contribution in [0.2, 0.25) is 5.02 Å². The summed E-state index contributed by atoms with van der Waals surface area (Å²) >= 11 is 6.60. The Morgan fingerprint density at radius 2 is 1.90 bits per heavy atom. The summed E-state index contributed by atoms with van der Waals surface area (Å²) in [6.07, 6.45) is 3.60. The average Bonchev–Trinajstić information content (AvgIpc) is 3.32. The second-order valence-corrected chi connectivity index (χ2v) is 8.30. The van der Waals surface area contributed by atoms with Crippen molar-refractivity contribution in [2.75, 3.05) is 0 Å². The number of nitrogens with zero attached hydrogens (tertiary/aromatic N) is 4. The minimum absolute atomic E-state index is 0.147. The smallest absolute Gasteiger partial charge is 0.245 e. The number of hydrogen-bond donors (Lipinski definition) is 0. The number of halogens is 1. The van der Waals surface area contributed by atoms with Crippen molar-refractivity contribution in [2.24, 2.45) is 0 Å². The topological polar surface area (TPSA) is 52.8 Å². The van der Waals surface area contributed by atoms with Gasteiger partial charge in [-0.1, -0.05) is 48.0 Å². The molecular weight excluding hydrogens is 384 g/mol. The number of ether oxygens (including phenoxy) is 1. The maximum absolute atomic E-state index is 6.60. The lowest BCUT2D eigenvalue weighted by atomic mass is 10.1. The number of imidazole rings is 1. The predicted octanol–water partition coefficient (Wildman–Crippen LogP) is 5.43. The van der Waals surface area contributed by atoms with Gasteiger partial charge >= 0.3 is 0 Å². The van der Waals surface area contributed by atoms with Crippen molar-refractivity contribution in [3.05, 3.63) is 71.0 Å². The Balaban J connectivity index is 1.71. The van der Waals surface area contributed by atoms with E-state index in [4.69, 9.17) is 21.3 Å². The van der Waals surface area contributed by atoms with Gasteiger partial charge in [0.15, 0.2) is 11.2 Å². The molecule has 29 heavy (non-hydrogen) atoms. The lowest BCUT2D eigenvalue weighted by Gasteiger charge is -2.12. The Bertz CT molecular complexity index is 1200. The van der Waals surface area contributed by atoms with Gasteiger partial charge in [0.25, 0.3) is 0 Å². The summed E-state index contributed by atoms with van der Waals surface area (Å²) in [5.41, 5.74) is 4.40. The van der Waals surface area contributed by atoms with Crippen molar-refractivity contribution in [3.63, 3.8) is 0 Å². The summed E-state index contributed by atoms with van der Waals surface area (Å²) in [6.45, 7) is 4.75. The molecule has 2 heterocycles. The van der Waals surface area contributed by atoms with Crippen LogP contribution < -0.4 is 4.74 Å². The second-order valence-electron chi connectivity index (χ2n) is 7.89. The Morgan fingerprint density at radius 1 is 1.10 bits per heavy atom. The molecule has 0 atom stereocenters. The zero-order valence-electron chi connectivity index (χ0n) is 16.4. The predicted molar refractivity (Wildman–Crippen MR) is 114 cm³/mol. The first-order chi connectivity index (χ1) is 14.0. The number of aromatic nitrogens is 4. The van der Waals surface area contributed by atoms with E-state index in [0.29, 0.717) is 23.0 Å². The molecule has 5 rings (SSSR count). The minimum Gasteiger partial charge on any atom is -0.470 e. The number of aryl methyl sites for hydroxylation is 1. The highest BCUT2D eigenvalue weighted by Crippen LogP contribution is 2.41. The third-order valence-electron chi connectivity index (χ3n) is 5.34. The molecule has 0 radical (unpaired) electrons. The summed E-state index contributed by atoms with van der Waals surface area (Å²) in [5.74, 6) is 1.30. The van der Waals surface area contributed by atoms with E-state index in [1.54, 1.807) is 6.33 Å². The van der Waals surface area contributed by atoms with Gasteiger partial charge in [-0.25, -0.2) is 9.97 Å². The second kappa shape index (κ2) is 6.85. The van der Waals surface area contributed by atoms with Crippen LogP contribution in [0.5, 0.6) is 5.88 Å². The highest BCUT2D eigenvalue weighted by molar-refractivity contribution is 6.33. The summed E-state index contributed by atoms with van der Waals surface area (Å²) in [7, 11) is 0. The molecule has 0 bridgehead atoms. The summed E-state index contributed by atoms with van der Waals surface area (Å²) in [4.78, 5) is 13.8. The van der Waals surface area contributed by atoms with Gasteiger partial charge in [-0.15, -0.1) is 0 Å². The number of fused-ring (bicyclic) bond motifs is 1. The fourth-order valence-corrected chi connectivity index (χ4v) is 3.74. The van der Waals surface area contributed by atoms with Crippen molar-refractivity contribution in [2.45, 2.75) is 38.8 Å². The first-order valence-corrected chi connectivity index (χ1v) is 10.1. The minimum atomic E-state index is -0.147. The number of rotatable bonds is 5. The molecule has 0 unspecified atom stereocenters. The van der Waals surface area contributed by atoms with Crippen molar-refractivity contribution in [1.29, 1.82) is 0 Å². The average molecular weight is 405 g/mol. The third kappa shape index (κ3) is 3.47. The Morgan fingerprint density at radius 3 is 2.62 bits per heavy atom. The highest BCUT2D eigenvalue weighted by atomic mass is 35.5. The maximum atomic E-state index is 6.60. The molecule has 0 amide bonds. The summed E-state index contributed by atoms with van der Waals surface area (Å²) in [6, 6.07) is 16.3. The first-order valence-electron chi connectivity index (χ1n) is 9.73. The van der Waals surface area contributed by atoms with Gasteiger partial charge in [0.2, 0.25) is 5.88 Å². The standard InChI is InChI=1S/C23H21ClN4O/c1-15-8-9-17(18(24)12-15)20-27-19-21(28(20)13-16-6-4-3-5-7-16)25-14-26-22(19)29-23(2)10-11-23/h3-9,12,14H,10-11,13H2,1-2H3. The normalized spacial score (nSPS) is 14.9. The zero-order valence-corrected chi connectivity index (χ0v) is 17.1. The fraction of sp³-hybridized carbons (Fsp3) is 0.261. The molecular formula is C23H21ClN4O. The Labute approximate surface area is 174 Å². The maximum Gasteiger partial charge on any atom is 0.245 e. The van der Waals surface area contributed by atoms with Crippen LogP contribution in [0.25, 0.3) is 22.6 Å². The SMILES string of the molecule is Cc1ccc(-c2nc3c(OC4(C)CC4)ncnc3n2Cc2ccccc2)c(Cl)c1. The van der Waals surface area contributed by atoms with Gasteiger partial charge in [-0.3, -0.25) is 0 Å². The van der Waals surface area contributed by atoms with Crippen LogP contribution in [0.1, 0.15) is 30.9 Å². The van der Waals surface area contributed by atoms with E-state index in [1.165, 1.54) is 0 Å². The molecule has 1 saturated carbocycles. The van der Waals surface area contributed by atoms with Crippen LogP contribution >= 0.6 is 11.6 Å². The Hall–Kier alpha value is -2.92. The molecule has 1 aliphatic carbocycles. The monoisotopic (exact) mass is 404 g/mol. The van der Waals surface area contributed by atoms with Crippen molar-refractivity contribution < 1.29 is 4.74 Å². The van der Waals surface area contributed by atoms with Crippen LogP contribution in [0.3, 0.4) is 0 Å². The van der Waals surface area contributed by atoms with Gasteiger partial charge in [-0.05, 0) is 49.9 Å². The molecule has 1 aliphatic rings. The highest BCUT2D eigenvalue weighted by Gasteiger charge is 2.41. The van der Waals surface area contributed by atoms with E-state index in [2.05, 4.69) is 33.6 Å². The largest absolute Gasteiger partial charge is 0.470 e. The van der Waals surface area contributed by atoms with E-state index in [0.717, 1.165) is 41.0 Å². The first kappa shape index (κ1) is 18.1. The van der Waals surface area contributed by atoms with E-state index < -0.39 is 0 Å². The fourth-order valence-electron chi connectivity index (χ4n) is 3.42. The van der Waals surface area contributed by atoms with E-state index >= 15 is 0 Å². The number of benzene rings is 2. The summed E-state index contributed by atoms with van der Waals surface area (Å²) < 4.78 is 8.26. The molecule has 2 aromatic carbocycles. The molecule has 1 fully saturated rings. The molecule has 5 nitrogen and oxygen atoms in total. The van der Waals surface area contributed by atoms with Crippen LogP contribution in [-0.4, -0.2) is 25.1 Å². The van der Waals surface area contributed by atoms with Crippen molar-refractivity contribution in [3.8, 4) is 17.3 Å². The molecule has 146 valence electrons. The van der Waals surface area contributed by atoms with E-state index in [9.17, 15) is 0 Å². The van der Waals surface area contributed by atoms with Crippen molar-refractivity contribution >= 4 is 22.8 Å². The lowest BCUT2D eigenvalue weighted by Crippen LogP contribution is -2.13. The quantitative estimate of drug-likeness (QED) is 0.444. The Kier molecular flexibility index (Phi) is 4.28. The molecule has 0 spiro atoms. The lowest BCUT2D eigenvalue weighted by molar-refractivity contribution is 0.194. The van der Waals surface area contributed by atoms with Crippen LogP contribution in [0.4, 0.5) is 0 Å². The summed E-state index contributed by atoms with van der Waals surface area (Å²) in [5, 5.41) is 0.666. The third-order valence-corrected chi connectivity index (χ3v) is 5.66. The van der Waals surface area contributed by atoms with Crippen LogP contribution in [0.15, 0.2) is 54.9 Å². The van der Waals surface area contributed by atoms with Gasteiger partial charge in [0.05, 0.1) is 11.6 Å². The van der Waals surface area contributed by atoms with Gasteiger partial charge in [0.1, 0.15) is 17.8 Å². The van der Waals surface area contributed by atoms with Crippen LogP contribution in [0, 0.1) is 6.92 Å². The number of hydrogen-bond acceptors (Lipinski definition) is 4. The van der Waals surface area contributed by atoms with Gasteiger partial charge in [-0.2, -0.15) is 4.98 Å². The molecule has 4 aromatic rings. The zero-order chi connectivity index (χ0) is 20.0. The molecule has 6 heteroatoms. The van der Waals surface area contributed by atoms with E-state index in [-0.39, 0.29) is 5.60 Å². The molecule has 2 aromatic heterocycles. The molecule has 0 aliphatic heterocycles. The van der Waals surface area contributed by atoms with Crippen LogP contribution in [-0.2, 0) is 6.54 Å². The molecule has 0 N–H and O–H groups in total. The molecule has 0 saturated heterocycles.